The van der Waals surface area contributed by atoms with Crippen molar-refractivity contribution in [1.29, 1.82) is 10.5 Å². The molecule has 0 aliphatic carbocycles. The van der Waals surface area contributed by atoms with E-state index in [9.17, 15) is 5.11 Å². The van der Waals surface area contributed by atoms with Crippen molar-refractivity contribution in [3.63, 3.8) is 0 Å². The molecule has 1 aromatic rings. The molecule has 0 aliphatic heterocycles. The smallest absolute Gasteiger partial charge is 0.200 e. The van der Waals surface area contributed by atoms with Crippen molar-refractivity contribution in [2.24, 2.45) is 0 Å². The second-order valence-corrected chi connectivity index (χ2v) is 5.91. The van der Waals surface area contributed by atoms with Crippen LogP contribution in [0.15, 0.2) is 12.1 Å². The van der Waals surface area contributed by atoms with E-state index in [0.29, 0.717) is 0 Å². The van der Waals surface area contributed by atoms with Gasteiger partial charge in [-0.2, -0.15) is 10.5 Å². The molecular weight excluding hydrogens is 296 g/mol. The average Bonchev–Trinajstić information content (AvgIpc) is 2.45. The fraction of sp³-hybridized carbons (Fsp3) is 0.385. The van der Waals surface area contributed by atoms with Crippen LogP contribution in [-0.2, 0) is 0 Å². The van der Waals surface area contributed by atoms with E-state index in [1.165, 1.54) is 14.2 Å². The number of nitriles is 2. The van der Waals surface area contributed by atoms with E-state index >= 15 is 0 Å². The van der Waals surface area contributed by atoms with E-state index in [2.05, 4.69) is 0 Å². The van der Waals surface area contributed by atoms with Crippen LogP contribution in [-0.4, -0.2) is 24.6 Å². The third kappa shape index (κ3) is 3.66. The summed E-state index contributed by atoms with van der Waals surface area (Å²) in [6.45, 7) is 1.87. The van der Waals surface area contributed by atoms with Crippen LogP contribution >= 0.6 is 23.5 Å². The average molecular weight is 310 g/mol. The zero-order valence-corrected chi connectivity index (χ0v) is 12.9. The lowest BCUT2D eigenvalue weighted by Crippen LogP contribution is -2.08. The molecule has 106 valence electrons. The van der Waals surface area contributed by atoms with Gasteiger partial charge in [-0.3, -0.25) is 0 Å². The molecule has 1 rings (SSSR count). The molecular formula is C13H14N2O3S2. The Bertz CT molecular complexity index is 527. The first-order valence-corrected chi connectivity index (χ1v) is 7.39. The molecule has 0 saturated heterocycles. The SMILES string of the molecule is COc1cc([C@@H](SC#N)[C@H](C)SC#N)cc(OC)c1O. The Balaban J connectivity index is 3.27. The molecule has 20 heavy (non-hydrogen) atoms. The quantitative estimate of drug-likeness (QED) is 0.807. The number of phenols is 1. The molecule has 0 radical (unpaired) electrons. The van der Waals surface area contributed by atoms with Crippen LogP contribution in [0.2, 0.25) is 0 Å². The topological polar surface area (TPSA) is 86.3 Å². The van der Waals surface area contributed by atoms with Gasteiger partial charge in [-0.25, -0.2) is 0 Å². The third-order valence-electron chi connectivity index (χ3n) is 2.68. The third-order valence-corrected chi connectivity index (χ3v) is 4.64. The maximum atomic E-state index is 9.89. The van der Waals surface area contributed by atoms with E-state index in [1.54, 1.807) is 12.1 Å². The molecule has 0 saturated carbocycles. The fourth-order valence-corrected chi connectivity index (χ4v) is 3.07. The maximum Gasteiger partial charge on any atom is 0.200 e. The van der Waals surface area contributed by atoms with E-state index in [-0.39, 0.29) is 27.7 Å². The summed E-state index contributed by atoms with van der Waals surface area (Å²) in [5.41, 5.74) is 0.762. The molecule has 1 aromatic carbocycles. The van der Waals surface area contributed by atoms with Gasteiger partial charge in [-0.15, -0.1) is 0 Å². The van der Waals surface area contributed by atoms with Gasteiger partial charge in [0, 0.05) is 5.25 Å². The van der Waals surface area contributed by atoms with Gasteiger partial charge in [-0.05, 0) is 41.2 Å². The summed E-state index contributed by atoms with van der Waals surface area (Å²) >= 11 is 2.16. The number of benzene rings is 1. The predicted molar refractivity (Wildman–Crippen MR) is 79.8 cm³/mol. The van der Waals surface area contributed by atoms with E-state index in [4.69, 9.17) is 20.0 Å². The molecule has 0 aromatic heterocycles. The summed E-state index contributed by atoms with van der Waals surface area (Å²) in [6.07, 6.45) is 0. The van der Waals surface area contributed by atoms with Gasteiger partial charge in [0.25, 0.3) is 0 Å². The van der Waals surface area contributed by atoms with Crippen LogP contribution in [0.3, 0.4) is 0 Å². The lowest BCUT2D eigenvalue weighted by atomic mass is 10.1. The van der Waals surface area contributed by atoms with Crippen molar-refractivity contribution in [3.8, 4) is 28.1 Å². The number of aromatic hydroxyl groups is 1. The largest absolute Gasteiger partial charge is 0.502 e. The molecule has 0 aliphatic rings. The molecule has 0 unspecified atom stereocenters. The first-order chi connectivity index (χ1) is 9.58. The van der Waals surface area contributed by atoms with Crippen molar-refractivity contribution in [1.82, 2.24) is 0 Å². The highest BCUT2D eigenvalue weighted by molar-refractivity contribution is 8.07. The highest BCUT2D eigenvalue weighted by atomic mass is 32.2. The Hall–Kier alpha value is -1.70. The van der Waals surface area contributed by atoms with Crippen molar-refractivity contribution < 1.29 is 14.6 Å². The number of rotatable bonds is 6. The van der Waals surface area contributed by atoms with Crippen molar-refractivity contribution in [2.75, 3.05) is 14.2 Å². The minimum absolute atomic E-state index is 0.0833. The Morgan fingerprint density at radius 2 is 1.60 bits per heavy atom. The highest BCUT2D eigenvalue weighted by Gasteiger charge is 2.24. The van der Waals surface area contributed by atoms with Gasteiger partial charge >= 0.3 is 0 Å². The summed E-state index contributed by atoms with van der Waals surface area (Å²) in [5.74, 6) is 0.467. The minimum atomic E-state index is -0.229. The number of phenolic OH excluding ortho intramolecular Hbond substituents is 1. The number of thioether (sulfide) groups is 2. The lowest BCUT2D eigenvalue weighted by molar-refractivity contribution is 0.339. The summed E-state index contributed by atoms with van der Waals surface area (Å²) < 4.78 is 10.2. The fourth-order valence-electron chi connectivity index (χ4n) is 1.71. The Morgan fingerprint density at radius 1 is 1.10 bits per heavy atom. The van der Waals surface area contributed by atoms with Crippen LogP contribution < -0.4 is 9.47 Å². The van der Waals surface area contributed by atoms with Crippen molar-refractivity contribution >= 4 is 23.5 Å². The standard InChI is InChI=1S/C13H14N2O3S2/c1-8(19-6-14)13(20-7-15)9-4-10(17-2)12(16)11(5-9)18-3/h4-5,8,13,16H,1-3H3/t8-,13-/m0/s1. The predicted octanol–water partition coefficient (Wildman–Crippen LogP) is 3.27. The molecule has 7 heteroatoms. The Kier molecular flexibility index (Phi) is 6.37. The zero-order chi connectivity index (χ0) is 15.1. The monoisotopic (exact) mass is 310 g/mol. The van der Waals surface area contributed by atoms with Crippen LogP contribution in [0, 0.1) is 21.3 Å². The number of methoxy groups -OCH3 is 2. The number of hydrogen-bond donors (Lipinski definition) is 1. The first kappa shape index (κ1) is 16.4. The molecule has 0 bridgehead atoms. The number of nitrogens with zero attached hydrogens (tertiary/aromatic N) is 2. The Labute approximate surface area is 126 Å². The summed E-state index contributed by atoms with van der Waals surface area (Å²) in [6, 6.07) is 3.31. The molecule has 0 spiro atoms. The normalized spacial score (nSPS) is 12.8. The first-order valence-electron chi connectivity index (χ1n) is 5.63. The zero-order valence-electron chi connectivity index (χ0n) is 11.3. The number of thiocyanates is 2. The van der Waals surface area contributed by atoms with Gasteiger partial charge in [0.15, 0.2) is 11.5 Å². The van der Waals surface area contributed by atoms with Crippen LogP contribution in [0.1, 0.15) is 17.7 Å². The summed E-state index contributed by atoms with van der Waals surface area (Å²) in [4.78, 5) is 0. The molecule has 5 nitrogen and oxygen atoms in total. The van der Waals surface area contributed by atoms with Gasteiger partial charge < -0.3 is 14.6 Å². The van der Waals surface area contributed by atoms with Crippen LogP contribution in [0.5, 0.6) is 17.2 Å². The molecule has 0 heterocycles. The summed E-state index contributed by atoms with van der Waals surface area (Å²) in [7, 11) is 2.89. The van der Waals surface area contributed by atoms with Crippen molar-refractivity contribution in [3.05, 3.63) is 17.7 Å². The number of ether oxygens (including phenoxy) is 2. The molecule has 0 amide bonds. The molecule has 2 atom stereocenters. The van der Waals surface area contributed by atoms with Gasteiger partial charge in [0.1, 0.15) is 10.8 Å². The van der Waals surface area contributed by atoms with Crippen molar-refractivity contribution in [2.45, 2.75) is 17.4 Å². The second-order valence-electron chi connectivity index (χ2n) is 3.82. The molecule has 0 fully saturated rings. The van der Waals surface area contributed by atoms with Gasteiger partial charge in [0.05, 0.1) is 19.5 Å². The van der Waals surface area contributed by atoms with E-state index < -0.39 is 0 Å². The van der Waals surface area contributed by atoms with E-state index in [0.717, 1.165) is 29.1 Å². The maximum absolute atomic E-state index is 9.89. The summed E-state index contributed by atoms with van der Waals surface area (Å²) in [5, 5.41) is 31.3. The van der Waals surface area contributed by atoms with Gasteiger partial charge in [-0.1, -0.05) is 6.92 Å². The number of hydrogen-bond acceptors (Lipinski definition) is 7. The second kappa shape index (κ2) is 7.78. The minimum Gasteiger partial charge on any atom is -0.502 e. The highest BCUT2D eigenvalue weighted by Crippen LogP contribution is 2.44. The lowest BCUT2D eigenvalue weighted by Gasteiger charge is -2.20. The van der Waals surface area contributed by atoms with Gasteiger partial charge in [0.2, 0.25) is 5.75 Å². The van der Waals surface area contributed by atoms with Crippen LogP contribution in [0.4, 0.5) is 0 Å². The van der Waals surface area contributed by atoms with Crippen LogP contribution in [0.25, 0.3) is 0 Å². The molecule has 1 N–H and O–H groups in total. The Morgan fingerprint density at radius 3 is 2.00 bits per heavy atom. The van der Waals surface area contributed by atoms with E-state index in [1.807, 2.05) is 17.7 Å².